The molecule has 144 valence electrons. The molecule has 0 bridgehead atoms. The van der Waals surface area contributed by atoms with E-state index in [1.807, 2.05) is 37.9 Å². The number of nitrogens with one attached hydrogen (secondary N) is 1. The first-order chi connectivity index (χ1) is 12.1. The van der Waals surface area contributed by atoms with Crippen molar-refractivity contribution >= 4 is 47.1 Å². The van der Waals surface area contributed by atoms with Crippen LogP contribution in [-0.4, -0.2) is 40.1 Å². The van der Waals surface area contributed by atoms with Crippen molar-refractivity contribution in [2.24, 2.45) is 16.3 Å². The smallest absolute Gasteiger partial charge is 0.149 e. The predicted octanol–water partition coefficient (Wildman–Crippen LogP) is 4.51. The highest BCUT2D eigenvalue weighted by atomic mass is 35.5. The lowest BCUT2D eigenvalue weighted by atomic mass is 9.80. The Bertz CT molecular complexity index is 663. The molecule has 26 heavy (non-hydrogen) atoms. The van der Waals surface area contributed by atoms with Crippen LogP contribution < -0.4 is 5.43 Å². The maximum absolute atomic E-state index is 11.0. The highest BCUT2D eigenvalue weighted by molar-refractivity contribution is 7.79. The second-order valence-corrected chi connectivity index (χ2v) is 9.14. The number of halogens is 2. The Labute approximate surface area is 171 Å². The molecule has 2 N–H and O–H groups in total. The lowest BCUT2D eigenvalue weighted by Crippen LogP contribution is -2.56. The molecule has 0 amide bonds. The van der Waals surface area contributed by atoms with Crippen molar-refractivity contribution < 1.29 is 5.11 Å². The van der Waals surface area contributed by atoms with Gasteiger partial charge in [0.1, 0.15) is 6.17 Å². The van der Waals surface area contributed by atoms with Gasteiger partial charge in [-0.15, -0.1) is 0 Å². The van der Waals surface area contributed by atoms with Crippen molar-refractivity contribution in [3.8, 4) is 0 Å². The fourth-order valence-corrected chi connectivity index (χ4v) is 3.93. The largest absolute Gasteiger partial charge is 0.391 e. The van der Waals surface area contributed by atoms with Gasteiger partial charge in [0, 0.05) is 15.4 Å². The van der Waals surface area contributed by atoms with Crippen LogP contribution in [0, 0.1) is 11.3 Å². The van der Waals surface area contributed by atoms with Gasteiger partial charge < -0.3 is 10.5 Å². The van der Waals surface area contributed by atoms with E-state index in [0.29, 0.717) is 16.0 Å². The summed E-state index contributed by atoms with van der Waals surface area (Å²) in [6.45, 7) is 8.27. The second kappa shape index (κ2) is 8.98. The van der Waals surface area contributed by atoms with E-state index in [2.05, 4.69) is 17.3 Å². The van der Waals surface area contributed by atoms with Crippen LogP contribution in [0.25, 0.3) is 0 Å². The maximum Gasteiger partial charge on any atom is 0.149 e. The van der Waals surface area contributed by atoms with Gasteiger partial charge in [0.25, 0.3) is 0 Å². The molecule has 0 spiro atoms. The summed E-state index contributed by atoms with van der Waals surface area (Å²) in [5.41, 5.74) is 3.93. The molecule has 4 unspecified atom stereocenters. The van der Waals surface area contributed by atoms with Crippen molar-refractivity contribution in [2.45, 2.75) is 58.8 Å². The lowest BCUT2D eigenvalue weighted by Gasteiger charge is -2.40. The van der Waals surface area contributed by atoms with E-state index in [-0.39, 0.29) is 17.6 Å². The average molecular weight is 416 g/mol. The minimum Gasteiger partial charge on any atom is -0.391 e. The van der Waals surface area contributed by atoms with Crippen molar-refractivity contribution in [3.63, 3.8) is 0 Å². The molecule has 1 aromatic rings. The standard InChI is InChI=1S/C19H27Cl2N3OS/c1-12(7-13-5-6-14(20)9-15(13)21)8-16(18(25)19(2,3)4)24-17(10-26)22-11-23-24/h5-6,9-12,16-18,25H,7-8H2,1-4H3,(H,22,23). The van der Waals surface area contributed by atoms with Crippen molar-refractivity contribution in [1.82, 2.24) is 10.4 Å². The molecule has 1 heterocycles. The van der Waals surface area contributed by atoms with Crippen molar-refractivity contribution in [2.75, 3.05) is 0 Å². The Balaban J connectivity index is 2.16. The minimum atomic E-state index is -0.544. The molecule has 1 aromatic carbocycles. The van der Waals surface area contributed by atoms with Gasteiger partial charge in [0.15, 0.2) is 0 Å². The normalized spacial score (nSPS) is 21.3. The molecule has 4 atom stereocenters. The summed E-state index contributed by atoms with van der Waals surface area (Å²) in [6.07, 6.45) is 2.42. The molecule has 4 nitrogen and oxygen atoms in total. The topological polar surface area (TPSA) is 47.9 Å². The molecule has 0 radical (unpaired) electrons. The summed E-state index contributed by atoms with van der Waals surface area (Å²) < 4.78 is 0. The number of aliphatic imine (C=N–C) groups is 1. The van der Waals surface area contributed by atoms with Crippen LogP contribution in [-0.2, 0) is 6.42 Å². The van der Waals surface area contributed by atoms with E-state index in [1.54, 1.807) is 17.8 Å². The van der Waals surface area contributed by atoms with Gasteiger partial charge in [0.2, 0.25) is 0 Å². The molecular formula is C19H27Cl2N3OS. The summed E-state index contributed by atoms with van der Waals surface area (Å²) in [5, 5.41) is 15.9. The molecule has 7 heteroatoms. The van der Waals surface area contributed by atoms with Gasteiger partial charge in [-0.1, -0.05) is 69.2 Å². The number of nitrogens with zero attached hydrogens (tertiary/aromatic N) is 2. The molecule has 0 saturated heterocycles. The molecule has 1 aliphatic heterocycles. The summed E-state index contributed by atoms with van der Waals surface area (Å²) >= 11 is 17.4. The molecule has 0 aromatic heterocycles. The van der Waals surface area contributed by atoms with Crippen molar-refractivity contribution in [1.29, 1.82) is 0 Å². The average Bonchev–Trinajstić information content (AvgIpc) is 3.02. The zero-order chi connectivity index (χ0) is 19.5. The number of rotatable bonds is 7. The first kappa shape index (κ1) is 21.6. The maximum atomic E-state index is 11.0. The molecule has 1 aliphatic rings. The third kappa shape index (κ3) is 5.40. The Morgan fingerprint density at radius 3 is 2.65 bits per heavy atom. The molecule has 2 rings (SSSR count). The third-order valence-electron chi connectivity index (χ3n) is 4.68. The highest BCUT2D eigenvalue weighted by Gasteiger charge is 2.38. The van der Waals surface area contributed by atoms with Crippen LogP contribution in [0.3, 0.4) is 0 Å². The zero-order valence-corrected chi connectivity index (χ0v) is 17.9. The van der Waals surface area contributed by atoms with Gasteiger partial charge in [-0.05, 0) is 41.9 Å². The number of hydrogen-bond acceptors (Lipinski definition) is 5. The Morgan fingerprint density at radius 2 is 2.08 bits per heavy atom. The van der Waals surface area contributed by atoms with Gasteiger partial charge in [-0.3, -0.25) is 0 Å². The van der Waals surface area contributed by atoms with Crippen LogP contribution in [0.4, 0.5) is 0 Å². The Kier molecular flexibility index (Phi) is 7.45. The van der Waals surface area contributed by atoms with E-state index >= 15 is 0 Å². The van der Waals surface area contributed by atoms with Crippen LogP contribution >= 0.6 is 35.4 Å². The summed E-state index contributed by atoms with van der Waals surface area (Å²) in [5.74, 6) is 0.295. The fraction of sp³-hybridized carbons (Fsp3) is 0.579. The minimum absolute atomic E-state index is 0.136. The summed E-state index contributed by atoms with van der Waals surface area (Å²) in [6, 6.07) is 5.45. The number of hydrazine groups is 1. The Morgan fingerprint density at radius 1 is 1.38 bits per heavy atom. The number of aliphatic hydroxyl groups is 1. The summed E-state index contributed by atoms with van der Waals surface area (Å²) in [4.78, 5) is 4.32. The molecule has 0 saturated carbocycles. The van der Waals surface area contributed by atoms with E-state index in [9.17, 15) is 5.11 Å². The van der Waals surface area contributed by atoms with Gasteiger partial charge >= 0.3 is 0 Å². The van der Waals surface area contributed by atoms with Crippen LogP contribution in [0.15, 0.2) is 23.2 Å². The van der Waals surface area contributed by atoms with Crippen molar-refractivity contribution in [3.05, 3.63) is 33.8 Å². The SMILES string of the molecule is CC(Cc1ccc(Cl)cc1Cl)CC(C(O)C(C)(C)C)N1NC=NC1C=S. The van der Waals surface area contributed by atoms with Crippen LogP contribution in [0.5, 0.6) is 0 Å². The number of aliphatic hydroxyl groups excluding tert-OH is 1. The third-order valence-corrected chi connectivity index (χ3v) is 5.51. The van der Waals surface area contributed by atoms with E-state index in [4.69, 9.17) is 35.4 Å². The number of hydrogen-bond donors (Lipinski definition) is 2. The first-order valence-corrected chi connectivity index (χ1v) is 9.99. The van der Waals surface area contributed by atoms with E-state index in [1.165, 1.54) is 0 Å². The number of benzene rings is 1. The van der Waals surface area contributed by atoms with Crippen LogP contribution in [0.2, 0.25) is 10.0 Å². The first-order valence-electron chi connectivity index (χ1n) is 8.77. The quantitative estimate of drug-likeness (QED) is 0.642. The molecule has 0 fully saturated rings. The Hall–Kier alpha value is -0.720. The van der Waals surface area contributed by atoms with E-state index < -0.39 is 6.10 Å². The van der Waals surface area contributed by atoms with Gasteiger partial charge in [-0.2, -0.15) is 5.01 Å². The fourth-order valence-electron chi connectivity index (χ4n) is 3.25. The van der Waals surface area contributed by atoms with E-state index in [0.717, 1.165) is 18.4 Å². The monoisotopic (exact) mass is 415 g/mol. The second-order valence-electron chi connectivity index (χ2n) is 8.02. The summed E-state index contributed by atoms with van der Waals surface area (Å²) in [7, 11) is 0. The molecular weight excluding hydrogens is 389 g/mol. The van der Waals surface area contributed by atoms with Gasteiger partial charge in [0.05, 0.1) is 18.5 Å². The molecule has 0 aliphatic carbocycles. The number of thiocarbonyl (C=S) groups is 1. The lowest BCUT2D eigenvalue weighted by molar-refractivity contribution is -0.0389. The van der Waals surface area contributed by atoms with Crippen LogP contribution in [0.1, 0.15) is 39.7 Å². The van der Waals surface area contributed by atoms with Gasteiger partial charge in [-0.25, -0.2) is 4.99 Å². The predicted molar refractivity (Wildman–Crippen MR) is 114 cm³/mol. The zero-order valence-electron chi connectivity index (χ0n) is 15.6. The highest BCUT2D eigenvalue weighted by Crippen LogP contribution is 2.31.